The topological polar surface area (TPSA) is 121 Å². The lowest BCUT2D eigenvalue weighted by Gasteiger charge is -2.24. The second kappa shape index (κ2) is 7.38. The third-order valence-corrected chi connectivity index (χ3v) is 4.32. The van der Waals surface area contributed by atoms with Gasteiger partial charge in [-0.3, -0.25) is 19.7 Å². The SMILES string of the molecule is O=C1C(=O)N(CCO)C(c2cccc([N+](=O)[O-])c2)/C1=C(\O)c1ccccc1. The predicted molar refractivity (Wildman–Crippen MR) is 95.6 cm³/mol. The Kier molecular flexibility index (Phi) is 5.00. The first-order valence-corrected chi connectivity index (χ1v) is 8.14. The standard InChI is InChI=1S/C19H16N2O6/c22-10-9-20-16(13-7-4-8-14(11-13)21(26)27)15(18(24)19(20)25)17(23)12-5-2-1-3-6-12/h1-8,11,16,22-23H,9-10H2/b17-15+. The maximum absolute atomic E-state index is 12.6. The molecule has 1 fully saturated rings. The normalized spacial score (nSPS) is 18.7. The molecule has 2 N–H and O–H groups in total. The average molecular weight is 368 g/mol. The van der Waals surface area contributed by atoms with E-state index in [0.717, 1.165) is 4.90 Å². The van der Waals surface area contributed by atoms with Gasteiger partial charge in [0.05, 0.1) is 23.1 Å². The molecule has 1 heterocycles. The number of ketones is 1. The summed E-state index contributed by atoms with van der Waals surface area (Å²) >= 11 is 0. The number of nitro benzene ring substituents is 1. The molecule has 2 aromatic carbocycles. The molecule has 1 aliphatic rings. The van der Waals surface area contributed by atoms with Crippen LogP contribution >= 0.6 is 0 Å². The number of non-ortho nitro benzene ring substituents is 1. The second-order valence-electron chi connectivity index (χ2n) is 5.93. The van der Waals surface area contributed by atoms with Crippen LogP contribution in [-0.4, -0.2) is 44.9 Å². The van der Waals surface area contributed by atoms with Gasteiger partial charge in [0.1, 0.15) is 5.76 Å². The van der Waals surface area contributed by atoms with Crippen LogP contribution in [0.15, 0.2) is 60.2 Å². The molecule has 2 aromatic rings. The van der Waals surface area contributed by atoms with Gasteiger partial charge in [-0.2, -0.15) is 0 Å². The smallest absolute Gasteiger partial charge is 0.295 e. The van der Waals surface area contributed by atoms with E-state index in [-0.39, 0.29) is 23.6 Å². The molecule has 1 saturated heterocycles. The predicted octanol–water partition coefficient (Wildman–Crippen LogP) is 2.01. The first-order valence-electron chi connectivity index (χ1n) is 8.14. The molecule has 0 radical (unpaired) electrons. The van der Waals surface area contributed by atoms with Crippen molar-refractivity contribution in [2.75, 3.05) is 13.2 Å². The minimum absolute atomic E-state index is 0.149. The molecule has 138 valence electrons. The van der Waals surface area contributed by atoms with Crippen molar-refractivity contribution in [3.8, 4) is 0 Å². The summed E-state index contributed by atoms with van der Waals surface area (Å²) in [6.45, 7) is -0.548. The Morgan fingerprint density at radius 2 is 1.81 bits per heavy atom. The van der Waals surface area contributed by atoms with Crippen molar-refractivity contribution in [3.63, 3.8) is 0 Å². The molecular formula is C19H16N2O6. The molecule has 27 heavy (non-hydrogen) atoms. The van der Waals surface area contributed by atoms with E-state index in [2.05, 4.69) is 0 Å². The number of carbonyl (C=O) groups is 2. The van der Waals surface area contributed by atoms with Gasteiger partial charge in [-0.15, -0.1) is 0 Å². The Labute approximate surface area is 154 Å². The quantitative estimate of drug-likeness (QED) is 0.274. The van der Waals surface area contributed by atoms with E-state index in [1.807, 2.05) is 0 Å². The van der Waals surface area contributed by atoms with Crippen molar-refractivity contribution < 1.29 is 24.7 Å². The third-order valence-electron chi connectivity index (χ3n) is 4.32. The zero-order valence-corrected chi connectivity index (χ0v) is 14.1. The van der Waals surface area contributed by atoms with Gasteiger partial charge in [0.15, 0.2) is 0 Å². The molecule has 8 heteroatoms. The Morgan fingerprint density at radius 1 is 1.11 bits per heavy atom. The van der Waals surface area contributed by atoms with Gasteiger partial charge in [0.2, 0.25) is 0 Å². The minimum atomic E-state index is -1.03. The average Bonchev–Trinajstić information content (AvgIpc) is 2.93. The Bertz CT molecular complexity index is 938. The van der Waals surface area contributed by atoms with E-state index in [4.69, 9.17) is 0 Å². The van der Waals surface area contributed by atoms with Crippen molar-refractivity contribution in [2.45, 2.75) is 6.04 Å². The number of aliphatic hydroxyl groups is 2. The first kappa shape index (κ1) is 18.3. The molecule has 0 saturated carbocycles. The number of hydrogen-bond acceptors (Lipinski definition) is 6. The fraction of sp³-hybridized carbons (Fsp3) is 0.158. The fourth-order valence-corrected chi connectivity index (χ4v) is 3.12. The second-order valence-corrected chi connectivity index (χ2v) is 5.93. The van der Waals surface area contributed by atoms with E-state index < -0.39 is 29.3 Å². The number of nitrogens with zero attached hydrogens (tertiary/aromatic N) is 2. The minimum Gasteiger partial charge on any atom is -0.507 e. The Morgan fingerprint density at radius 3 is 2.44 bits per heavy atom. The number of likely N-dealkylation sites (tertiary alicyclic amines) is 1. The molecule has 0 bridgehead atoms. The molecule has 1 unspecified atom stereocenters. The van der Waals surface area contributed by atoms with Crippen molar-refractivity contribution >= 4 is 23.1 Å². The van der Waals surface area contributed by atoms with Crippen molar-refractivity contribution in [2.24, 2.45) is 0 Å². The summed E-state index contributed by atoms with van der Waals surface area (Å²) in [7, 11) is 0. The number of benzene rings is 2. The fourth-order valence-electron chi connectivity index (χ4n) is 3.12. The van der Waals surface area contributed by atoms with Crippen LogP contribution < -0.4 is 0 Å². The van der Waals surface area contributed by atoms with Crippen molar-refractivity contribution in [1.29, 1.82) is 0 Å². The highest BCUT2D eigenvalue weighted by molar-refractivity contribution is 6.46. The number of Topliss-reactive ketones (excluding diaryl/α,β-unsaturated/α-hetero) is 1. The van der Waals surface area contributed by atoms with Crippen LogP contribution in [0, 0.1) is 10.1 Å². The van der Waals surface area contributed by atoms with Crippen LogP contribution in [0.4, 0.5) is 5.69 Å². The van der Waals surface area contributed by atoms with Gasteiger partial charge in [0.25, 0.3) is 17.4 Å². The molecule has 0 aromatic heterocycles. The summed E-state index contributed by atoms with van der Waals surface area (Å²) in [5, 5.41) is 31.1. The van der Waals surface area contributed by atoms with Crippen molar-refractivity contribution in [1.82, 2.24) is 4.90 Å². The van der Waals surface area contributed by atoms with Crippen LogP contribution in [0.5, 0.6) is 0 Å². The number of aliphatic hydroxyl groups excluding tert-OH is 2. The monoisotopic (exact) mass is 368 g/mol. The van der Waals surface area contributed by atoms with Crippen LogP contribution in [-0.2, 0) is 9.59 Å². The van der Waals surface area contributed by atoms with Crippen LogP contribution in [0.25, 0.3) is 5.76 Å². The Balaban J connectivity index is 2.21. The molecule has 0 spiro atoms. The summed E-state index contributed by atoms with van der Waals surface area (Å²) < 4.78 is 0. The van der Waals surface area contributed by atoms with Gasteiger partial charge in [-0.25, -0.2) is 0 Å². The summed E-state index contributed by atoms with van der Waals surface area (Å²) in [5.74, 6) is -2.15. The molecule has 8 nitrogen and oxygen atoms in total. The Hall–Kier alpha value is -3.52. The van der Waals surface area contributed by atoms with Gasteiger partial charge >= 0.3 is 0 Å². The zero-order valence-electron chi connectivity index (χ0n) is 14.1. The van der Waals surface area contributed by atoms with Gasteiger partial charge in [-0.1, -0.05) is 42.5 Å². The van der Waals surface area contributed by atoms with E-state index in [1.165, 1.54) is 24.3 Å². The van der Waals surface area contributed by atoms with Crippen LogP contribution in [0.2, 0.25) is 0 Å². The molecular weight excluding hydrogens is 352 g/mol. The number of carbonyl (C=O) groups excluding carboxylic acids is 2. The van der Waals surface area contributed by atoms with Crippen LogP contribution in [0.1, 0.15) is 17.2 Å². The van der Waals surface area contributed by atoms with Crippen LogP contribution in [0.3, 0.4) is 0 Å². The number of hydrogen-bond donors (Lipinski definition) is 2. The van der Waals surface area contributed by atoms with Gasteiger partial charge < -0.3 is 15.1 Å². The number of rotatable bonds is 5. The van der Waals surface area contributed by atoms with E-state index in [9.17, 15) is 29.9 Å². The molecule has 1 aliphatic heterocycles. The van der Waals surface area contributed by atoms with Crippen molar-refractivity contribution in [3.05, 3.63) is 81.4 Å². The van der Waals surface area contributed by atoms with E-state index in [0.29, 0.717) is 11.1 Å². The number of amides is 1. The summed E-state index contributed by atoms with van der Waals surface area (Å²) in [6, 6.07) is 12.7. The van der Waals surface area contributed by atoms with Gasteiger partial charge in [-0.05, 0) is 5.56 Å². The summed E-state index contributed by atoms with van der Waals surface area (Å²) in [4.78, 5) is 36.6. The molecule has 1 atom stereocenters. The highest BCUT2D eigenvalue weighted by Gasteiger charge is 2.46. The molecule has 1 amide bonds. The highest BCUT2D eigenvalue weighted by Crippen LogP contribution is 2.39. The summed E-state index contributed by atoms with van der Waals surface area (Å²) in [5.41, 5.74) is 0.270. The largest absolute Gasteiger partial charge is 0.507 e. The first-order chi connectivity index (χ1) is 13.0. The third kappa shape index (κ3) is 3.30. The van der Waals surface area contributed by atoms with Gasteiger partial charge in [0, 0.05) is 24.2 Å². The molecule has 3 rings (SSSR count). The lowest BCUT2D eigenvalue weighted by atomic mass is 9.95. The highest BCUT2D eigenvalue weighted by atomic mass is 16.6. The zero-order chi connectivity index (χ0) is 19.6. The number of nitro groups is 1. The summed E-state index contributed by atoms with van der Waals surface area (Å²) in [6.07, 6.45) is 0. The molecule has 0 aliphatic carbocycles. The lowest BCUT2D eigenvalue weighted by Crippen LogP contribution is -2.32. The maximum Gasteiger partial charge on any atom is 0.295 e. The van der Waals surface area contributed by atoms with E-state index in [1.54, 1.807) is 30.3 Å². The lowest BCUT2D eigenvalue weighted by molar-refractivity contribution is -0.384. The maximum atomic E-state index is 12.6. The van der Waals surface area contributed by atoms with E-state index >= 15 is 0 Å². The number of β-amino-alcohol motifs (C(OH)–C–C–N with tert-alkyl or cyclic N) is 1.